The van der Waals surface area contributed by atoms with E-state index in [1.807, 2.05) is 12.1 Å². The molecule has 0 spiro atoms. The summed E-state index contributed by atoms with van der Waals surface area (Å²) in [5.41, 5.74) is 7.74. The zero-order valence-electron chi connectivity index (χ0n) is 10.3. The number of ether oxygens (including phenoxy) is 1. The molecule has 0 fully saturated rings. The van der Waals surface area contributed by atoms with Crippen LogP contribution in [0.2, 0.25) is 0 Å². The average Bonchev–Trinajstić information content (AvgIpc) is 2.29. The lowest BCUT2D eigenvalue weighted by Crippen LogP contribution is -2.26. The maximum absolute atomic E-state index is 5.68. The monoisotopic (exact) mass is 222 g/mol. The van der Waals surface area contributed by atoms with Crippen LogP contribution in [0.5, 0.6) is 0 Å². The van der Waals surface area contributed by atoms with Crippen LogP contribution in [-0.4, -0.2) is 26.8 Å². The Morgan fingerprint density at radius 3 is 2.44 bits per heavy atom. The molecule has 0 amide bonds. The van der Waals surface area contributed by atoms with Crippen molar-refractivity contribution in [2.45, 2.75) is 19.8 Å². The van der Waals surface area contributed by atoms with Gasteiger partial charge in [-0.3, -0.25) is 0 Å². The molecule has 1 aromatic rings. The van der Waals surface area contributed by atoms with Crippen molar-refractivity contribution in [3.63, 3.8) is 0 Å². The fourth-order valence-corrected chi connectivity index (χ4v) is 1.72. The predicted molar refractivity (Wildman–Crippen MR) is 69.9 cm³/mol. The van der Waals surface area contributed by atoms with Gasteiger partial charge < -0.3 is 15.4 Å². The van der Waals surface area contributed by atoms with E-state index in [2.05, 4.69) is 24.0 Å². The van der Waals surface area contributed by atoms with E-state index in [-0.39, 0.29) is 0 Å². The number of hydrogen-bond acceptors (Lipinski definition) is 3. The Kier molecular flexibility index (Phi) is 5.72. The van der Waals surface area contributed by atoms with Crippen molar-refractivity contribution in [2.75, 3.05) is 37.4 Å². The fourth-order valence-electron chi connectivity index (χ4n) is 1.72. The summed E-state index contributed by atoms with van der Waals surface area (Å²) in [4.78, 5) is 2.37. The molecule has 0 aliphatic heterocycles. The normalized spacial score (nSPS) is 10.4. The van der Waals surface area contributed by atoms with Crippen LogP contribution >= 0.6 is 0 Å². The SMILES string of the molecule is CCCN(CCCOC)c1ccc(N)cc1. The molecular formula is C13H22N2O. The number of benzene rings is 1. The van der Waals surface area contributed by atoms with Gasteiger partial charge in [0.05, 0.1) is 0 Å². The highest BCUT2D eigenvalue weighted by atomic mass is 16.5. The first-order chi connectivity index (χ1) is 7.77. The Morgan fingerprint density at radius 1 is 1.19 bits per heavy atom. The predicted octanol–water partition coefficient (Wildman–Crippen LogP) is 2.52. The molecule has 90 valence electrons. The lowest BCUT2D eigenvalue weighted by atomic mass is 10.2. The van der Waals surface area contributed by atoms with Gasteiger partial charge >= 0.3 is 0 Å². The second kappa shape index (κ2) is 7.12. The number of hydrogen-bond donors (Lipinski definition) is 1. The largest absolute Gasteiger partial charge is 0.399 e. The number of nitrogens with two attached hydrogens (primary N) is 1. The van der Waals surface area contributed by atoms with Gasteiger partial charge in [0, 0.05) is 38.2 Å². The highest BCUT2D eigenvalue weighted by Gasteiger charge is 2.04. The molecule has 0 heterocycles. The van der Waals surface area contributed by atoms with E-state index in [1.165, 1.54) is 5.69 Å². The maximum Gasteiger partial charge on any atom is 0.0479 e. The second-order valence-corrected chi connectivity index (χ2v) is 3.92. The highest BCUT2D eigenvalue weighted by molar-refractivity contribution is 5.53. The maximum atomic E-state index is 5.68. The van der Waals surface area contributed by atoms with Crippen molar-refractivity contribution in [3.8, 4) is 0 Å². The minimum atomic E-state index is 0.815. The molecule has 0 radical (unpaired) electrons. The van der Waals surface area contributed by atoms with Gasteiger partial charge in [-0.15, -0.1) is 0 Å². The second-order valence-electron chi connectivity index (χ2n) is 3.92. The molecule has 0 bridgehead atoms. The smallest absolute Gasteiger partial charge is 0.0479 e. The van der Waals surface area contributed by atoms with Crippen molar-refractivity contribution in [1.29, 1.82) is 0 Å². The van der Waals surface area contributed by atoms with E-state index >= 15 is 0 Å². The van der Waals surface area contributed by atoms with Crippen LogP contribution in [-0.2, 0) is 4.74 Å². The van der Waals surface area contributed by atoms with Crippen LogP contribution < -0.4 is 10.6 Å². The molecular weight excluding hydrogens is 200 g/mol. The van der Waals surface area contributed by atoms with E-state index in [4.69, 9.17) is 10.5 Å². The number of nitrogen functional groups attached to an aromatic ring is 1. The summed E-state index contributed by atoms with van der Waals surface area (Å²) in [5, 5.41) is 0. The molecule has 0 aliphatic carbocycles. The van der Waals surface area contributed by atoms with Crippen LogP contribution in [0.1, 0.15) is 19.8 Å². The van der Waals surface area contributed by atoms with Gasteiger partial charge in [-0.05, 0) is 37.1 Å². The van der Waals surface area contributed by atoms with Crippen molar-refractivity contribution >= 4 is 11.4 Å². The molecule has 0 unspecified atom stereocenters. The summed E-state index contributed by atoms with van der Waals surface area (Å²) >= 11 is 0. The highest BCUT2D eigenvalue weighted by Crippen LogP contribution is 2.16. The van der Waals surface area contributed by atoms with Crippen LogP contribution in [0.15, 0.2) is 24.3 Å². The molecule has 16 heavy (non-hydrogen) atoms. The molecule has 0 aromatic heterocycles. The number of nitrogens with zero attached hydrogens (tertiary/aromatic N) is 1. The molecule has 0 saturated heterocycles. The number of rotatable bonds is 7. The topological polar surface area (TPSA) is 38.5 Å². The third kappa shape index (κ3) is 4.11. The molecule has 3 heteroatoms. The van der Waals surface area contributed by atoms with Crippen LogP contribution in [0.4, 0.5) is 11.4 Å². The number of anilines is 2. The lowest BCUT2D eigenvalue weighted by molar-refractivity contribution is 0.196. The fraction of sp³-hybridized carbons (Fsp3) is 0.538. The Balaban J connectivity index is 2.57. The molecule has 3 nitrogen and oxygen atoms in total. The molecule has 0 saturated carbocycles. The lowest BCUT2D eigenvalue weighted by Gasteiger charge is -2.24. The molecule has 2 N–H and O–H groups in total. The van der Waals surface area contributed by atoms with E-state index in [9.17, 15) is 0 Å². The van der Waals surface area contributed by atoms with Gasteiger partial charge in [0.25, 0.3) is 0 Å². The first kappa shape index (κ1) is 12.8. The van der Waals surface area contributed by atoms with Crippen LogP contribution in [0.25, 0.3) is 0 Å². The first-order valence-electron chi connectivity index (χ1n) is 5.87. The van der Waals surface area contributed by atoms with E-state index in [1.54, 1.807) is 7.11 Å². The van der Waals surface area contributed by atoms with Crippen molar-refractivity contribution in [1.82, 2.24) is 0 Å². The van der Waals surface area contributed by atoms with Gasteiger partial charge in [0.15, 0.2) is 0 Å². The average molecular weight is 222 g/mol. The van der Waals surface area contributed by atoms with Crippen molar-refractivity contribution < 1.29 is 4.74 Å². The van der Waals surface area contributed by atoms with Gasteiger partial charge in [0.2, 0.25) is 0 Å². The summed E-state index contributed by atoms with van der Waals surface area (Å²) in [6.07, 6.45) is 2.21. The molecule has 1 aromatic carbocycles. The minimum Gasteiger partial charge on any atom is -0.399 e. The first-order valence-corrected chi connectivity index (χ1v) is 5.87. The van der Waals surface area contributed by atoms with Crippen LogP contribution in [0.3, 0.4) is 0 Å². The summed E-state index contributed by atoms with van der Waals surface area (Å²) < 4.78 is 5.08. The van der Waals surface area contributed by atoms with Crippen LogP contribution in [0, 0.1) is 0 Å². The summed E-state index contributed by atoms with van der Waals surface area (Å²) in [5.74, 6) is 0. The van der Waals surface area contributed by atoms with Gasteiger partial charge in [-0.1, -0.05) is 6.92 Å². The summed E-state index contributed by atoms with van der Waals surface area (Å²) in [7, 11) is 1.74. The zero-order valence-corrected chi connectivity index (χ0v) is 10.3. The Bertz CT molecular complexity index is 284. The minimum absolute atomic E-state index is 0.815. The molecule has 0 atom stereocenters. The third-order valence-electron chi connectivity index (χ3n) is 2.53. The molecule has 1 rings (SSSR count). The Hall–Kier alpha value is -1.22. The summed E-state index contributed by atoms with van der Waals surface area (Å²) in [6, 6.07) is 8.07. The van der Waals surface area contributed by atoms with Gasteiger partial charge in [-0.2, -0.15) is 0 Å². The molecule has 0 aliphatic rings. The quantitative estimate of drug-likeness (QED) is 0.569. The van der Waals surface area contributed by atoms with E-state index in [0.717, 1.165) is 38.2 Å². The van der Waals surface area contributed by atoms with Crippen molar-refractivity contribution in [2.24, 2.45) is 0 Å². The van der Waals surface area contributed by atoms with Gasteiger partial charge in [-0.25, -0.2) is 0 Å². The van der Waals surface area contributed by atoms with Gasteiger partial charge in [0.1, 0.15) is 0 Å². The van der Waals surface area contributed by atoms with E-state index < -0.39 is 0 Å². The third-order valence-corrected chi connectivity index (χ3v) is 2.53. The standard InChI is InChI=1S/C13H22N2O/c1-3-9-15(10-4-11-16-2)13-7-5-12(14)6-8-13/h5-8H,3-4,9-11,14H2,1-2H3. The van der Waals surface area contributed by atoms with Crippen molar-refractivity contribution in [3.05, 3.63) is 24.3 Å². The Labute approximate surface area is 98.2 Å². The summed E-state index contributed by atoms with van der Waals surface area (Å²) in [6.45, 7) is 5.12. The van der Waals surface area contributed by atoms with E-state index in [0.29, 0.717) is 0 Å². The Morgan fingerprint density at radius 2 is 1.88 bits per heavy atom. The zero-order chi connectivity index (χ0) is 11.8. The number of methoxy groups -OCH3 is 1.